The standard InChI is InChI=1S/C23H22N4O6/c1-30-16-8-12-7-15-19(22(29)33-20(15)21(24)28)18(14(12)9-17(16)31-2)13-10-25-23(26-11-13)27-3-5-32-6-4-27/h7-11,20H,3-6H2,1-2H3,(H2,24,28). The van der Waals surface area contributed by atoms with Gasteiger partial charge in [0.2, 0.25) is 12.1 Å². The number of amides is 1. The molecule has 33 heavy (non-hydrogen) atoms. The minimum atomic E-state index is -1.17. The molecular weight excluding hydrogens is 428 g/mol. The number of carbonyl (C=O) groups excluding carboxylic acids is 2. The Labute approximate surface area is 189 Å². The van der Waals surface area contributed by atoms with Crippen LogP contribution in [0.15, 0.2) is 30.6 Å². The number of hydrogen-bond donors (Lipinski definition) is 1. The molecule has 1 amide bonds. The molecule has 2 N–H and O–H groups in total. The van der Waals surface area contributed by atoms with E-state index in [4.69, 9.17) is 24.7 Å². The Morgan fingerprint density at radius 2 is 1.73 bits per heavy atom. The van der Waals surface area contributed by atoms with E-state index in [1.807, 2.05) is 4.90 Å². The molecule has 10 nitrogen and oxygen atoms in total. The quantitative estimate of drug-likeness (QED) is 0.580. The number of methoxy groups -OCH3 is 2. The van der Waals surface area contributed by atoms with Gasteiger partial charge < -0.3 is 29.6 Å². The van der Waals surface area contributed by atoms with Crippen LogP contribution < -0.4 is 20.1 Å². The maximum atomic E-state index is 12.9. The molecule has 170 valence electrons. The van der Waals surface area contributed by atoms with Crippen molar-refractivity contribution in [2.24, 2.45) is 5.73 Å². The number of fused-ring (bicyclic) bond motifs is 2. The molecule has 3 aromatic rings. The van der Waals surface area contributed by atoms with Gasteiger partial charge in [-0.1, -0.05) is 0 Å². The van der Waals surface area contributed by atoms with Crippen molar-refractivity contribution in [1.82, 2.24) is 9.97 Å². The number of carbonyl (C=O) groups is 2. The monoisotopic (exact) mass is 450 g/mol. The molecule has 0 bridgehead atoms. The molecule has 1 atom stereocenters. The van der Waals surface area contributed by atoms with E-state index < -0.39 is 18.0 Å². The zero-order valence-corrected chi connectivity index (χ0v) is 18.2. The van der Waals surface area contributed by atoms with Gasteiger partial charge in [0, 0.05) is 42.2 Å². The fourth-order valence-electron chi connectivity index (χ4n) is 4.29. The largest absolute Gasteiger partial charge is 0.493 e. The highest BCUT2D eigenvalue weighted by molar-refractivity contribution is 6.13. The fourth-order valence-corrected chi connectivity index (χ4v) is 4.29. The van der Waals surface area contributed by atoms with Crippen LogP contribution in [0.25, 0.3) is 21.9 Å². The fraction of sp³-hybridized carbons (Fsp3) is 0.304. The Morgan fingerprint density at radius 1 is 1.06 bits per heavy atom. The lowest BCUT2D eigenvalue weighted by Gasteiger charge is -2.26. The average molecular weight is 450 g/mol. The minimum Gasteiger partial charge on any atom is -0.493 e. The second-order valence-electron chi connectivity index (χ2n) is 7.70. The summed E-state index contributed by atoms with van der Waals surface area (Å²) in [5.74, 6) is 0.214. The number of cyclic esters (lactones) is 1. The summed E-state index contributed by atoms with van der Waals surface area (Å²) in [4.78, 5) is 35.9. The molecule has 2 aromatic carbocycles. The van der Waals surface area contributed by atoms with Crippen molar-refractivity contribution >= 4 is 28.6 Å². The summed E-state index contributed by atoms with van der Waals surface area (Å²) in [5, 5.41) is 1.43. The first-order valence-electron chi connectivity index (χ1n) is 10.4. The molecule has 1 fully saturated rings. The van der Waals surface area contributed by atoms with Crippen LogP contribution in [0.4, 0.5) is 5.95 Å². The van der Waals surface area contributed by atoms with E-state index in [1.54, 1.807) is 30.6 Å². The number of nitrogens with zero attached hydrogens (tertiary/aromatic N) is 3. The Kier molecular flexibility index (Phi) is 5.21. The highest BCUT2D eigenvalue weighted by Crippen LogP contribution is 2.44. The van der Waals surface area contributed by atoms with E-state index in [-0.39, 0.29) is 5.56 Å². The van der Waals surface area contributed by atoms with Gasteiger partial charge in [-0.2, -0.15) is 0 Å². The summed E-state index contributed by atoms with van der Waals surface area (Å²) in [5.41, 5.74) is 7.32. The Bertz CT molecular complexity index is 1250. The van der Waals surface area contributed by atoms with E-state index in [1.165, 1.54) is 14.2 Å². The lowest BCUT2D eigenvalue weighted by Crippen LogP contribution is -2.37. The highest BCUT2D eigenvalue weighted by atomic mass is 16.6. The first kappa shape index (κ1) is 21.0. The maximum absolute atomic E-state index is 12.9. The zero-order valence-electron chi connectivity index (χ0n) is 18.2. The van der Waals surface area contributed by atoms with Crippen LogP contribution in [0.5, 0.6) is 11.5 Å². The summed E-state index contributed by atoms with van der Waals surface area (Å²) in [6.07, 6.45) is 2.15. The summed E-state index contributed by atoms with van der Waals surface area (Å²) in [7, 11) is 3.07. The highest BCUT2D eigenvalue weighted by Gasteiger charge is 2.38. The topological polar surface area (TPSA) is 126 Å². The molecule has 2 aliphatic rings. The third-order valence-electron chi connectivity index (χ3n) is 5.87. The van der Waals surface area contributed by atoms with Gasteiger partial charge in [0.15, 0.2) is 11.5 Å². The SMILES string of the molecule is COc1cc2cc3c(c(-c4cnc(N5CCOCC5)nc4)c2cc1OC)C(=O)OC3C(N)=O. The Morgan fingerprint density at radius 3 is 2.36 bits per heavy atom. The van der Waals surface area contributed by atoms with E-state index in [0.717, 1.165) is 5.39 Å². The van der Waals surface area contributed by atoms with Crippen molar-refractivity contribution < 1.29 is 28.5 Å². The molecule has 3 heterocycles. The molecule has 5 rings (SSSR count). The summed E-state index contributed by atoms with van der Waals surface area (Å²) in [6, 6.07) is 5.28. The van der Waals surface area contributed by atoms with E-state index in [9.17, 15) is 9.59 Å². The van der Waals surface area contributed by atoms with Crippen molar-refractivity contribution in [2.45, 2.75) is 6.10 Å². The summed E-state index contributed by atoms with van der Waals surface area (Å²) in [6.45, 7) is 2.63. The number of nitrogens with two attached hydrogens (primary N) is 1. The number of rotatable bonds is 5. The normalized spacial score (nSPS) is 17.6. The molecule has 1 saturated heterocycles. The molecule has 2 aliphatic heterocycles. The second-order valence-corrected chi connectivity index (χ2v) is 7.70. The molecule has 0 aliphatic carbocycles. The van der Waals surface area contributed by atoms with Crippen molar-refractivity contribution in [1.29, 1.82) is 0 Å². The van der Waals surface area contributed by atoms with Crippen LogP contribution in [-0.4, -0.2) is 62.4 Å². The summed E-state index contributed by atoms with van der Waals surface area (Å²) < 4.78 is 21.6. The zero-order chi connectivity index (χ0) is 23.1. The van der Waals surface area contributed by atoms with Crippen LogP contribution in [-0.2, 0) is 14.3 Å². The predicted octanol–water partition coefficient (Wildman–Crippen LogP) is 1.85. The van der Waals surface area contributed by atoms with Crippen LogP contribution in [0, 0.1) is 0 Å². The lowest BCUT2D eigenvalue weighted by molar-refractivity contribution is -0.126. The van der Waals surface area contributed by atoms with Gasteiger partial charge in [0.25, 0.3) is 5.91 Å². The smallest absolute Gasteiger partial charge is 0.340 e. The minimum absolute atomic E-state index is 0.265. The van der Waals surface area contributed by atoms with Crippen molar-refractivity contribution in [3.8, 4) is 22.6 Å². The van der Waals surface area contributed by atoms with Gasteiger partial charge in [-0.15, -0.1) is 0 Å². The second kappa shape index (κ2) is 8.21. The third kappa shape index (κ3) is 3.48. The van der Waals surface area contributed by atoms with E-state index in [0.29, 0.717) is 65.8 Å². The van der Waals surface area contributed by atoms with Gasteiger partial charge in [-0.25, -0.2) is 14.8 Å². The predicted molar refractivity (Wildman–Crippen MR) is 118 cm³/mol. The number of esters is 1. The van der Waals surface area contributed by atoms with Gasteiger partial charge in [-0.05, 0) is 29.0 Å². The van der Waals surface area contributed by atoms with Crippen LogP contribution >= 0.6 is 0 Å². The number of ether oxygens (including phenoxy) is 4. The number of primary amides is 1. The third-order valence-corrected chi connectivity index (χ3v) is 5.87. The number of hydrogen-bond acceptors (Lipinski definition) is 9. The Hall–Kier alpha value is -3.92. The summed E-state index contributed by atoms with van der Waals surface area (Å²) >= 11 is 0. The maximum Gasteiger partial charge on any atom is 0.340 e. The van der Waals surface area contributed by atoms with Crippen LogP contribution in [0.2, 0.25) is 0 Å². The molecule has 0 spiro atoms. The van der Waals surface area contributed by atoms with Crippen LogP contribution in [0.3, 0.4) is 0 Å². The molecule has 1 aromatic heterocycles. The van der Waals surface area contributed by atoms with Crippen LogP contribution in [0.1, 0.15) is 22.0 Å². The molecule has 0 saturated carbocycles. The van der Waals surface area contributed by atoms with Crippen molar-refractivity contribution in [3.05, 3.63) is 41.7 Å². The van der Waals surface area contributed by atoms with Gasteiger partial charge in [0.05, 0.1) is 33.0 Å². The molecule has 1 unspecified atom stereocenters. The molecule has 0 radical (unpaired) electrons. The first-order valence-corrected chi connectivity index (χ1v) is 10.4. The number of benzene rings is 2. The first-order chi connectivity index (χ1) is 16.0. The van der Waals surface area contributed by atoms with Crippen molar-refractivity contribution in [3.63, 3.8) is 0 Å². The van der Waals surface area contributed by atoms with Gasteiger partial charge in [0.1, 0.15) is 0 Å². The number of aromatic nitrogens is 2. The molecule has 10 heteroatoms. The van der Waals surface area contributed by atoms with Gasteiger partial charge in [-0.3, -0.25) is 4.79 Å². The Balaban J connectivity index is 1.73. The lowest BCUT2D eigenvalue weighted by atomic mass is 9.89. The van der Waals surface area contributed by atoms with Crippen molar-refractivity contribution in [2.75, 3.05) is 45.4 Å². The van der Waals surface area contributed by atoms with Gasteiger partial charge >= 0.3 is 5.97 Å². The molecular formula is C23H22N4O6. The van der Waals surface area contributed by atoms with E-state index in [2.05, 4.69) is 9.97 Å². The number of anilines is 1. The average Bonchev–Trinajstić information content (AvgIpc) is 3.18. The van der Waals surface area contributed by atoms with E-state index >= 15 is 0 Å². The number of morpholine rings is 1.